The van der Waals surface area contributed by atoms with Crippen molar-refractivity contribution in [3.05, 3.63) is 0 Å². The van der Waals surface area contributed by atoms with E-state index < -0.39 is 0 Å². The van der Waals surface area contributed by atoms with Gasteiger partial charge in [0.2, 0.25) is 11.8 Å². The highest BCUT2D eigenvalue weighted by atomic mass is 16.5. The fourth-order valence-electron chi connectivity index (χ4n) is 3.79. The van der Waals surface area contributed by atoms with Gasteiger partial charge >= 0.3 is 0 Å². The van der Waals surface area contributed by atoms with Gasteiger partial charge in [-0.05, 0) is 25.7 Å². The molecule has 0 radical (unpaired) electrons. The molecule has 3 rings (SSSR count). The van der Waals surface area contributed by atoms with E-state index in [0.717, 1.165) is 12.8 Å². The molecule has 112 valence electrons. The predicted molar refractivity (Wildman–Crippen MR) is 74.1 cm³/mol. The maximum Gasteiger partial charge on any atom is 0.246 e. The van der Waals surface area contributed by atoms with Gasteiger partial charge in [0.1, 0.15) is 0 Å². The molecule has 1 spiro atoms. The lowest BCUT2D eigenvalue weighted by Crippen LogP contribution is -2.41. The second-order valence-electron chi connectivity index (χ2n) is 6.48. The van der Waals surface area contributed by atoms with E-state index in [0.29, 0.717) is 6.54 Å². The van der Waals surface area contributed by atoms with Gasteiger partial charge in [0.15, 0.2) is 0 Å². The lowest BCUT2D eigenvalue weighted by atomic mass is 9.83. The van der Waals surface area contributed by atoms with Crippen LogP contribution in [-0.2, 0) is 14.3 Å². The third kappa shape index (κ3) is 2.61. The van der Waals surface area contributed by atoms with E-state index in [1.807, 2.05) is 0 Å². The topological polar surface area (TPSA) is 58.6 Å². The number of carbonyl (C=O) groups excluding carboxylic acids is 2. The molecule has 5 heteroatoms. The normalized spacial score (nSPS) is 33.4. The molecule has 2 aliphatic heterocycles. The van der Waals surface area contributed by atoms with E-state index in [2.05, 4.69) is 5.32 Å². The van der Waals surface area contributed by atoms with Crippen molar-refractivity contribution in [3.63, 3.8) is 0 Å². The molecule has 20 heavy (non-hydrogen) atoms. The summed E-state index contributed by atoms with van der Waals surface area (Å²) in [5.41, 5.74) is 0.122. The first-order valence-electron chi connectivity index (χ1n) is 7.81. The molecule has 2 amide bonds. The summed E-state index contributed by atoms with van der Waals surface area (Å²) in [6.45, 7) is 0.680. The lowest BCUT2D eigenvalue weighted by molar-refractivity contribution is -0.137. The molecule has 1 N–H and O–H groups in total. The zero-order chi connectivity index (χ0) is 14.2. The Morgan fingerprint density at radius 2 is 2.00 bits per heavy atom. The van der Waals surface area contributed by atoms with Crippen molar-refractivity contribution in [3.8, 4) is 0 Å². The molecule has 3 fully saturated rings. The fourth-order valence-corrected chi connectivity index (χ4v) is 3.79. The van der Waals surface area contributed by atoms with E-state index in [-0.39, 0.29) is 36.0 Å². The largest absolute Gasteiger partial charge is 0.370 e. The minimum atomic E-state index is -0.348. The first-order chi connectivity index (χ1) is 9.60. The Bertz CT molecular complexity index is 404. The Labute approximate surface area is 120 Å². The number of nitrogens with zero attached hydrogens (tertiary/aromatic N) is 1. The molecule has 0 aromatic heterocycles. The summed E-state index contributed by atoms with van der Waals surface area (Å²) in [7, 11) is 1.55. The van der Waals surface area contributed by atoms with Crippen LogP contribution in [0.25, 0.3) is 0 Å². The number of likely N-dealkylation sites (tertiary alicyclic amines) is 1. The minimum absolute atomic E-state index is 0.0939. The SMILES string of the molecule is CN1C(=O)CC(NCC2CCC3(CCCCC3)O2)C1=O. The molecule has 1 saturated carbocycles. The van der Waals surface area contributed by atoms with Crippen LogP contribution < -0.4 is 5.32 Å². The van der Waals surface area contributed by atoms with Crippen LogP contribution in [0.1, 0.15) is 51.4 Å². The molecule has 2 saturated heterocycles. The van der Waals surface area contributed by atoms with Crippen LogP contribution in [0.15, 0.2) is 0 Å². The highest BCUT2D eigenvalue weighted by Crippen LogP contribution is 2.41. The van der Waals surface area contributed by atoms with E-state index in [1.165, 1.54) is 37.0 Å². The second-order valence-corrected chi connectivity index (χ2v) is 6.48. The van der Waals surface area contributed by atoms with Crippen molar-refractivity contribution < 1.29 is 14.3 Å². The molecular weight excluding hydrogens is 256 g/mol. The second kappa shape index (κ2) is 5.45. The van der Waals surface area contributed by atoms with Crippen molar-refractivity contribution >= 4 is 11.8 Å². The van der Waals surface area contributed by atoms with Crippen molar-refractivity contribution in [1.29, 1.82) is 0 Å². The van der Waals surface area contributed by atoms with Crippen LogP contribution in [0.4, 0.5) is 0 Å². The average Bonchev–Trinajstić information content (AvgIpc) is 2.95. The molecule has 2 unspecified atom stereocenters. The highest BCUT2D eigenvalue weighted by Gasteiger charge is 2.42. The Hall–Kier alpha value is -0.940. The summed E-state index contributed by atoms with van der Waals surface area (Å²) in [5, 5.41) is 3.22. The Balaban J connectivity index is 1.48. The van der Waals surface area contributed by atoms with E-state index >= 15 is 0 Å². The molecule has 5 nitrogen and oxygen atoms in total. The van der Waals surface area contributed by atoms with Gasteiger partial charge in [0.05, 0.1) is 24.2 Å². The van der Waals surface area contributed by atoms with Crippen LogP contribution in [-0.4, -0.2) is 48.1 Å². The van der Waals surface area contributed by atoms with Crippen molar-refractivity contribution in [2.24, 2.45) is 0 Å². The average molecular weight is 280 g/mol. The van der Waals surface area contributed by atoms with Crippen LogP contribution in [0.5, 0.6) is 0 Å². The van der Waals surface area contributed by atoms with Crippen LogP contribution in [0, 0.1) is 0 Å². The summed E-state index contributed by atoms with van der Waals surface area (Å²) in [6, 6.07) is -0.348. The zero-order valence-electron chi connectivity index (χ0n) is 12.2. The number of rotatable bonds is 3. The highest BCUT2D eigenvalue weighted by molar-refractivity contribution is 6.05. The molecule has 3 aliphatic rings. The van der Waals surface area contributed by atoms with E-state index in [1.54, 1.807) is 7.05 Å². The number of nitrogens with one attached hydrogen (secondary N) is 1. The van der Waals surface area contributed by atoms with Crippen LogP contribution in [0.2, 0.25) is 0 Å². The number of ether oxygens (including phenoxy) is 1. The summed E-state index contributed by atoms with van der Waals surface area (Å²) in [4.78, 5) is 24.5. The number of likely N-dealkylation sites (N-methyl/N-ethyl adjacent to an activating group) is 1. The number of hydrogen-bond acceptors (Lipinski definition) is 4. The summed E-state index contributed by atoms with van der Waals surface area (Å²) in [5.74, 6) is -0.205. The van der Waals surface area contributed by atoms with Gasteiger partial charge in [-0.3, -0.25) is 14.5 Å². The summed E-state index contributed by atoms with van der Waals surface area (Å²) < 4.78 is 6.27. The standard InChI is InChI=1S/C15H24N2O3/c1-17-13(18)9-12(14(17)19)16-10-11-5-8-15(20-11)6-3-2-4-7-15/h11-12,16H,2-10H2,1H3. The maximum atomic E-state index is 11.8. The molecule has 1 aliphatic carbocycles. The van der Waals surface area contributed by atoms with Gasteiger partial charge in [0, 0.05) is 13.6 Å². The van der Waals surface area contributed by atoms with Crippen molar-refractivity contribution in [2.75, 3.05) is 13.6 Å². The van der Waals surface area contributed by atoms with Gasteiger partial charge in [-0.1, -0.05) is 19.3 Å². The van der Waals surface area contributed by atoms with E-state index in [9.17, 15) is 9.59 Å². The smallest absolute Gasteiger partial charge is 0.246 e. The fraction of sp³-hybridized carbons (Fsp3) is 0.867. The van der Waals surface area contributed by atoms with Gasteiger partial charge in [-0.25, -0.2) is 0 Å². The Kier molecular flexibility index (Phi) is 3.82. The van der Waals surface area contributed by atoms with Crippen LogP contribution >= 0.6 is 0 Å². The van der Waals surface area contributed by atoms with Gasteiger partial charge < -0.3 is 10.1 Å². The molecule has 0 aromatic carbocycles. The Morgan fingerprint density at radius 1 is 1.25 bits per heavy atom. The minimum Gasteiger partial charge on any atom is -0.370 e. The first kappa shape index (κ1) is 14.0. The monoisotopic (exact) mass is 280 g/mol. The van der Waals surface area contributed by atoms with Gasteiger partial charge in [0.25, 0.3) is 0 Å². The molecular formula is C15H24N2O3. The van der Waals surface area contributed by atoms with Gasteiger partial charge in [-0.2, -0.15) is 0 Å². The van der Waals surface area contributed by atoms with Gasteiger partial charge in [-0.15, -0.1) is 0 Å². The van der Waals surface area contributed by atoms with Crippen LogP contribution in [0.3, 0.4) is 0 Å². The van der Waals surface area contributed by atoms with E-state index in [4.69, 9.17) is 4.74 Å². The predicted octanol–water partition coefficient (Wildman–Crippen LogP) is 1.22. The number of carbonyl (C=O) groups is 2. The van der Waals surface area contributed by atoms with Crippen molar-refractivity contribution in [1.82, 2.24) is 10.2 Å². The molecule has 2 atom stereocenters. The molecule has 0 bridgehead atoms. The Morgan fingerprint density at radius 3 is 2.65 bits per heavy atom. The third-order valence-electron chi connectivity index (χ3n) is 5.08. The molecule has 0 aromatic rings. The summed E-state index contributed by atoms with van der Waals surface area (Å²) in [6.07, 6.45) is 8.96. The number of hydrogen-bond donors (Lipinski definition) is 1. The summed E-state index contributed by atoms with van der Waals surface area (Å²) >= 11 is 0. The maximum absolute atomic E-state index is 11.8. The molecule has 2 heterocycles. The first-order valence-corrected chi connectivity index (χ1v) is 7.81. The third-order valence-corrected chi connectivity index (χ3v) is 5.08. The lowest BCUT2D eigenvalue weighted by Gasteiger charge is -2.33. The number of imide groups is 1. The van der Waals surface area contributed by atoms with Crippen molar-refractivity contribution in [2.45, 2.75) is 69.1 Å². The zero-order valence-corrected chi connectivity index (χ0v) is 12.2. The quantitative estimate of drug-likeness (QED) is 0.790. The number of amides is 2.